The van der Waals surface area contributed by atoms with Gasteiger partial charge in [-0.05, 0) is 41.4 Å². The molecular weight excluding hydrogens is 322 g/mol. The first kappa shape index (κ1) is 17.1. The van der Waals surface area contributed by atoms with E-state index in [4.69, 9.17) is 0 Å². The molecule has 7 heteroatoms. The van der Waals surface area contributed by atoms with Crippen LogP contribution in [-0.4, -0.2) is 29.8 Å². The van der Waals surface area contributed by atoms with Crippen molar-refractivity contribution in [2.45, 2.75) is 13.3 Å². The Morgan fingerprint density at radius 1 is 1.22 bits per heavy atom. The molecule has 0 spiro atoms. The molecule has 0 saturated carbocycles. The van der Waals surface area contributed by atoms with Crippen molar-refractivity contribution < 1.29 is 18.4 Å². The molecule has 0 radical (unpaired) electrons. The van der Waals surface area contributed by atoms with Gasteiger partial charge in [0, 0.05) is 6.54 Å². The Morgan fingerprint density at radius 2 is 1.91 bits per heavy atom. The van der Waals surface area contributed by atoms with E-state index < -0.39 is 23.2 Å². The van der Waals surface area contributed by atoms with Crippen LogP contribution in [0.3, 0.4) is 0 Å². The molecule has 1 aromatic carbocycles. The number of thiophene rings is 1. The van der Waals surface area contributed by atoms with Crippen molar-refractivity contribution in [1.29, 1.82) is 0 Å². The van der Waals surface area contributed by atoms with Crippen molar-refractivity contribution in [2.24, 2.45) is 0 Å². The third kappa shape index (κ3) is 4.59. The number of hydrogen-bond acceptors (Lipinski definition) is 3. The number of halogens is 2. The minimum Gasteiger partial charge on any atom is -0.333 e. The molecule has 0 aliphatic carbocycles. The molecule has 2 rings (SSSR count). The fourth-order valence-electron chi connectivity index (χ4n) is 2.03. The number of hydrogen-bond donors (Lipinski definition) is 1. The highest BCUT2D eigenvalue weighted by molar-refractivity contribution is 7.08. The number of nitrogens with one attached hydrogen (secondary N) is 1. The normalized spacial score (nSPS) is 10.4. The van der Waals surface area contributed by atoms with E-state index in [-0.39, 0.29) is 18.9 Å². The van der Waals surface area contributed by atoms with Gasteiger partial charge in [0.25, 0.3) is 0 Å². The summed E-state index contributed by atoms with van der Waals surface area (Å²) >= 11 is 1.49. The number of para-hydroxylation sites is 1. The molecule has 0 aliphatic rings. The van der Waals surface area contributed by atoms with E-state index in [9.17, 15) is 18.4 Å². The lowest BCUT2D eigenvalue weighted by molar-refractivity contribution is -0.133. The van der Waals surface area contributed by atoms with Gasteiger partial charge in [-0.15, -0.1) is 0 Å². The van der Waals surface area contributed by atoms with E-state index in [1.54, 1.807) is 6.92 Å². The summed E-state index contributed by atoms with van der Waals surface area (Å²) in [6, 6.07) is 5.16. The zero-order valence-corrected chi connectivity index (χ0v) is 13.3. The summed E-state index contributed by atoms with van der Waals surface area (Å²) in [7, 11) is 0. The van der Waals surface area contributed by atoms with Crippen molar-refractivity contribution in [2.75, 3.05) is 18.4 Å². The Kier molecular flexibility index (Phi) is 5.81. The van der Waals surface area contributed by atoms with Crippen molar-refractivity contribution in [1.82, 2.24) is 4.90 Å². The number of likely N-dealkylation sites (N-methyl/N-ethyl adjacent to an activating group) is 1. The number of benzene rings is 1. The van der Waals surface area contributed by atoms with Gasteiger partial charge in [-0.1, -0.05) is 6.07 Å². The molecular formula is C16H16F2N2O2S. The molecule has 2 aromatic rings. The second-order valence-electron chi connectivity index (χ2n) is 4.86. The van der Waals surface area contributed by atoms with Gasteiger partial charge < -0.3 is 10.2 Å². The fourth-order valence-corrected chi connectivity index (χ4v) is 2.69. The van der Waals surface area contributed by atoms with Crippen LogP contribution in [0.4, 0.5) is 14.5 Å². The van der Waals surface area contributed by atoms with Crippen LogP contribution in [0.25, 0.3) is 0 Å². The SMILES string of the molecule is CCN(CC(=O)Nc1c(F)cccc1F)C(=O)Cc1ccsc1. The molecule has 122 valence electrons. The summed E-state index contributed by atoms with van der Waals surface area (Å²) in [5, 5.41) is 5.91. The van der Waals surface area contributed by atoms with Crippen LogP contribution in [0.2, 0.25) is 0 Å². The Hall–Kier alpha value is -2.28. The largest absolute Gasteiger partial charge is 0.333 e. The highest BCUT2D eigenvalue weighted by atomic mass is 32.1. The van der Waals surface area contributed by atoms with E-state index in [2.05, 4.69) is 5.32 Å². The third-order valence-corrected chi connectivity index (χ3v) is 3.96. The molecule has 0 unspecified atom stereocenters. The van der Waals surface area contributed by atoms with E-state index in [0.717, 1.165) is 17.7 Å². The number of amides is 2. The van der Waals surface area contributed by atoms with Gasteiger partial charge in [0.15, 0.2) is 0 Å². The van der Waals surface area contributed by atoms with Crippen LogP contribution >= 0.6 is 11.3 Å². The van der Waals surface area contributed by atoms with Crippen LogP contribution in [0.15, 0.2) is 35.0 Å². The molecule has 1 heterocycles. The molecule has 4 nitrogen and oxygen atoms in total. The second-order valence-corrected chi connectivity index (χ2v) is 5.64. The number of carbonyl (C=O) groups excluding carboxylic acids is 2. The second kappa shape index (κ2) is 7.82. The number of carbonyl (C=O) groups is 2. The number of nitrogens with zero attached hydrogens (tertiary/aromatic N) is 1. The Labute approximate surface area is 136 Å². The average molecular weight is 338 g/mol. The summed E-state index contributed by atoms with van der Waals surface area (Å²) in [5.74, 6) is -2.57. The van der Waals surface area contributed by atoms with E-state index >= 15 is 0 Å². The van der Waals surface area contributed by atoms with Crippen molar-refractivity contribution >= 4 is 28.8 Å². The summed E-state index contributed by atoms with van der Waals surface area (Å²) in [4.78, 5) is 25.5. The molecule has 0 saturated heterocycles. The first-order valence-electron chi connectivity index (χ1n) is 7.04. The van der Waals surface area contributed by atoms with Crippen molar-refractivity contribution in [3.8, 4) is 0 Å². The van der Waals surface area contributed by atoms with Gasteiger partial charge in [0.1, 0.15) is 17.3 Å². The smallest absolute Gasteiger partial charge is 0.244 e. The molecule has 2 amide bonds. The predicted octanol–water partition coefficient (Wildman–Crippen LogP) is 3.06. The lowest BCUT2D eigenvalue weighted by Gasteiger charge is -2.20. The fraction of sp³-hybridized carbons (Fsp3) is 0.250. The predicted molar refractivity (Wildman–Crippen MR) is 85.3 cm³/mol. The van der Waals surface area contributed by atoms with Gasteiger partial charge in [-0.25, -0.2) is 8.78 Å². The van der Waals surface area contributed by atoms with Crippen molar-refractivity contribution in [3.05, 3.63) is 52.2 Å². The van der Waals surface area contributed by atoms with Gasteiger partial charge in [-0.2, -0.15) is 11.3 Å². The lowest BCUT2D eigenvalue weighted by Crippen LogP contribution is -2.38. The van der Waals surface area contributed by atoms with Gasteiger partial charge in [0.05, 0.1) is 13.0 Å². The van der Waals surface area contributed by atoms with Crippen LogP contribution < -0.4 is 5.32 Å². The molecule has 1 N–H and O–H groups in total. The monoisotopic (exact) mass is 338 g/mol. The first-order valence-corrected chi connectivity index (χ1v) is 7.98. The van der Waals surface area contributed by atoms with E-state index in [1.807, 2.05) is 16.8 Å². The number of anilines is 1. The zero-order valence-electron chi connectivity index (χ0n) is 12.5. The highest BCUT2D eigenvalue weighted by Crippen LogP contribution is 2.18. The van der Waals surface area contributed by atoms with Crippen LogP contribution in [0, 0.1) is 11.6 Å². The van der Waals surface area contributed by atoms with E-state index in [1.165, 1.54) is 22.3 Å². The maximum absolute atomic E-state index is 13.5. The average Bonchev–Trinajstić information content (AvgIpc) is 3.01. The van der Waals surface area contributed by atoms with Gasteiger partial charge >= 0.3 is 0 Å². The Bertz CT molecular complexity index is 669. The van der Waals surface area contributed by atoms with Gasteiger partial charge in [-0.3, -0.25) is 9.59 Å². The van der Waals surface area contributed by atoms with Crippen LogP contribution in [0.5, 0.6) is 0 Å². The van der Waals surface area contributed by atoms with Crippen LogP contribution in [-0.2, 0) is 16.0 Å². The van der Waals surface area contributed by atoms with E-state index in [0.29, 0.717) is 6.54 Å². The van der Waals surface area contributed by atoms with Gasteiger partial charge in [0.2, 0.25) is 11.8 Å². The minimum atomic E-state index is -0.856. The maximum Gasteiger partial charge on any atom is 0.244 e. The minimum absolute atomic E-state index is 0.193. The lowest BCUT2D eigenvalue weighted by atomic mass is 10.2. The molecule has 23 heavy (non-hydrogen) atoms. The zero-order chi connectivity index (χ0) is 16.8. The Morgan fingerprint density at radius 3 is 2.48 bits per heavy atom. The highest BCUT2D eigenvalue weighted by Gasteiger charge is 2.18. The summed E-state index contributed by atoms with van der Waals surface area (Å²) in [6.45, 7) is 1.81. The summed E-state index contributed by atoms with van der Waals surface area (Å²) in [6.07, 6.45) is 0.193. The summed E-state index contributed by atoms with van der Waals surface area (Å²) in [5.41, 5.74) is 0.373. The standard InChI is InChI=1S/C16H16F2N2O2S/c1-2-20(15(22)8-11-6-7-23-10-11)9-14(21)19-16-12(17)4-3-5-13(16)18/h3-7,10H,2,8-9H2,1H3,(H,19,21). The quantitative estimate of drug-likeness (QED) is 0.880. The molecule has 0 bridgehead atoms. The molecule has 0 atom stereocenters. The molecule has 1 aromatic heterocycles. The topological polar surface area (TPSA) is 49.4 Å². The summed E-state index contributed by atoms with van der Waals surface area (Å²) < 4.78 is 27.0. The first-order chi connectivity index (χ1) is 11.0. The molecule has 0 fully saturated rings. The Balaban J connectivity index is 1.98. The third-order valence-electron chi connectivity index (χ3n) is 3.23. The van der Waals surface area contributed by atoms with Crippen LogP contribution in [0.1, 0.15) is 12.5 Å². The maximum atomic E-state index is 13.5. The van der Waals surface area contributed by atoms with Crippen molar-refractivity contribution in [3.63, 3.8) is 0 Å². The molecule has 0 aliphatic heterocycles. The number of rotatable bonds is 6.